The van der Waals surface area contributed by atoms with E-state index >= 15 is 0 Å². The molecule has 0 aliphatic carbocycles. The summed E-state index contributed by atoms with van der Waals surface area (Å²) in [4.78, 5) is 0. The number of hydrogen-bond donors (Lipinski definition) is 3. The van der Waals surface area contributed by atoms with Crippen LogP contribution in [0.2, 0.25) is 0 Å². The molecule has 1 aromatic rings. The summed E-state index contributed by atoms with van der Waals surface area (Å²) in [7, 11) is 0. The third kappa shape index (κ3) is 1.29. The number of nitrogens with two attached hydrogens (primary N) is 2. The van der Waals surface area contributed by atoms with Crippen molar-refractivity contribution in [3.05, 3.63) is 5.69 Å². The van der Waals surface area contributed by atoms with E-state index in [1.165, 1.54) is 0 Å². The molecule has 1 aromatic heterocycles. The average molecular weight is 154 g/mol. The Bertz CT molecular complexity index is 256. The highest BCUT2D eigenvalue weighted by atomic mass is 15.2. The van der Waals surface area contributed by atoms with Crippen molar-refractivity contribution < 1.29 is 0 Å². The van der Waals surface area contributed by atoms with E-state index in [0.29, 0.717) is 11.5 Å². The summed E-state index contributed by atoms with van der Waals surface area (Å²) in [6, 6.07) is 0. The zero-order valence-electron chi connectivity index (χ0n) is 7.10. The SMILES string of the molecule is CC(C)(C)c1[nH]nc(N)c1N. The number of H-pyrrole nitrogens is 1. The van der Waals surface area contributed by atoms with Crippen molar-refractivity contribution >= 4 is 11.5 Å². The maximum Gasteiger partial charge on any atom is 0.168 e. The molecule has 0 aromatic carbocycles. The molecule has 0 saturated heterocycles. The zero-order valence-corrected chi connectivity index (χ0v) is 7.10. The molecular formula is C7H14N4. The first-order chi connectivity index (χ1) is 4.93. The first kappa shape index (κ1) is 7.91. The van der Waals surface area contributed by atoms with Gasteiger partial charge in [0.25, 0.3) is 0 Å². The molecule has 4 heteroatoms. The Balaban J connectivity index is 3.15. The maximum atomic E-state index is 5.67. The van der Waals surface area contributed by atoms with E-state index in [2.05, 4.69) is 31.0 Å². The topological polar surface area (TPSA) is 80.7 Å². The standard InChI is InChI=1S/C7H14N4/c1-7(2,3)5-4(8)6(9)11-10-5/h8H2,1-3H3,(H3,9,10,11). The highest BCUT2D eigenvalue weighted by molar-refractivity contribution is 5.62. The summed E-state index contributed by atoms with van der Waals surface area (Å²) in [5.41, 5.74) is 12.6. The number of rotatable bonds is 0. The molecule has 0 radical (unpaired) electrons. The van der Waals surface area contributed by atoms with E-state index in [9.17, 15) is 0 Å². The van der Waals surface area contributed by atoms with Crippen LogP contribution in [0.1, 0.15) is 26.5 Å². The molecule has 1 rings (SSSR count). The maximum absolute atomic E-state index is 5.67. The van der Waals surface area contributed by atoms with Gasteiger partial charge in [-0.1, -0.05) is 20.8 Å². The lowest BCUT2D eigenvalue weighted by atomic mass is 9.91. The van der Waals surface area contributed by atoms with Gasteiger partial charge >= 0.3 is 0 Å². The smallest absolute Gasteiger partial charge is 0.168 e. The van der Waals surface area contributed by atoms with Gasteiger partial charge in [-0.25, -0.2) is 0 Å². The van der Waals surface area contributed by atoms with Crippen molar-refractivity contribution in [1.29, 1.82) is 0 Å². The summed E-state index contributed by atoms with van der Waals surface area (Å²) in [5, 5.41) is 6.62. The van der Waals surface area contributed by atoms with E-state index < -0.39 is 0 Å². The lowest BCUT2D eigenvalue weighted by Gasteiger charge is -2.16. The first-order valence-electron chi connectivity index (χ1n) is 3.52. The number of anilines is 2. The molecule has 11 heavy (non-hydrogen) atoms. The van der Waals surface area contributed by atoms with Crippen LogP contribution in [0.15, 0.2) is 0 Å². The van der Waals surface area contributed by atoms with Gasteiger partial charge < -0.3 is 11.5 Å². The Morgan fingerprint density at radius 3 is 2.00 bits per heavy atom. The molecule has 0 bridgehead atoms. The summed E-state index contributed by atoms with van der Waals surface area (Å²) in [5.74, 6) is 0.384. The fourth-order valence-electron chi connectivity index (χ4n) is 0.936. The second kappa shape index (κ2) is 2.15. The van der Waals surface area contributed by atoms with Crippen LogP contribution >= 0.6 is 0 Å². The van der Waals surface area contributed by atoms with E-state index in [-0.39, 0.29) is 5.41 Å². The Morgan fingerprint density at radius 2 is 1.82 bits per heavy atom. The predicted molar refractivity (Wildman–Crippen MR) is 46.1 cm³/mol. The largest absolute Gasteiger partial charge is 0.394 e. The van der Waals surface area contributed by atoms with Crippen LogP contribution in [-0.4, -0.2) is 10.2 Å². The molecule has 1 heterocycles. The molecule has 0 spiro atoms. The number of nitrogens with zero attached hydrogens (tertiary/aromatic N) is 1. The fourth-order valence-corrected chi connectivity index (χ4v) is 0.936. The number of aromatic amines is 1. The van der Waals surface area contributed by atoms with Crippen molar-refractivity contribution in [1.82, 2.24) is 10.2 Å². The minimum absolute atomic E-state index is 0.0191. The molecule has 62 valence electrons. The van der Waals surface area contributed by atoms with Gasteiger partial charge in [-0.15, -0.1) is 0 Å². The summed E-state index contributed by atoms with van der Waals surface area (Å²) in [6.07, 6.45) is 0. The van der Waals surface area contributed by atoms with Crippen LogP contribution in [0, 0.1) is 0 Å². The Hall–Kier alpha value is -1.19. The van der Waals surface area contributed by atoms with Gasteiger partial charge in [-0.05, 0) is 0 Å². The van der Waals surface area contributed by atoms with Crippen LogP contribution in [-0.2, 0) is 5.41 Å². The van der Waals surface area contributed by atoms with Gasteiger partial charge in [-0.3, -0.25) is 5.10 Å². The Morgan fingerprint density at radius 1 is 1.27 bits per heavy atom. The quantitative estimate of drug-likeness (QED) is 0.518. The van der Waals surface area contributed by atoms with Crippen LogP contribution in [0.4, 0.5) is 11.5 Å². The molecule has 0 aliphatic heterocycles. The molecule has 0 amide bonds. The predicted octanol–water partition coefficient (Wildman–Crippen LogP) is 0.872. The average Bonchev–Trinajstić information content (AvgIpc) is 2.11. The van der Waals surface area contributed by atoms with E-state index in [1.807, 2.05) is 0 Å². The van der Waals surface area contributed by atoms with Crippen LogP contribution < -0.4 is 11.5 Å². The van der Waals surface area contributed by atoms with Gasteiger partial charge in [0.15, 0.2) is 5.82 Å². The summed E-state index contributed by atoms with van der Waals surface area (Å²) in [6.45, 7) is 6.16. The van der Waals surface area contributed by atoms with Crippen molar-refractivity contribution in [3.8, 4) is 0 Å². The normalized spacial score (nSPS) is 11.9. The van der Waals surface area contributed by atoms with E-state index in [1.54, 1.807) is 0 Å². The molecule has 0 unspecified atom stereocenters. The van der Waals surface area contributed by atoms with Gasteiger partial charge in [0, 0.05) is 5.41 Å². The minimum atomic E-state index is -0.0191. The third-order valence-corrected chi connectivity index (χ3v) is 1.58. The lowest BCUT2D eigenvalue weighted by molar-refractivity contribution is 0.569. The number of hydrogen-bond acceptors (Lipinski definition) is 3. The number of nitrogens with one attached hydrogen (secondary N) is 1. The second-order valence-corrected chi connectivity index (χ2v) is 3.65. The third-order valence-electron chi connectivity index (χ3n) is 1.58. The summed E-state index contributed by atoms with van der Waals surface area (Å²) < 4.78 is 0. The van der Waals surface area contributed by atoms with Gasteiger partial charge in [0.05, 0.1) is 11.4 Å². The van der Waals surface area contributed by atoms with E-state index in [4.69, 9.17) is 11.5 Å². The zero-order chi connectivity index (χ0) is 8.65. The lowest BCUT2D eigenvalue weighted by Crippen LogP contribution is -2.14. The molecule has 0 fully saturated rings. The van der Waals surface area contributed by atoms with Gasteiger partial charge in [0.2, 0.25) is 0 Å². The second-order valence-electron chi connectivity index (χ2n) is 3.65. The van der Waals surface area contributed by atoms with Crippen molar-refractivity contribution in [3.63, 3.8) is 0 Å². The van der Waals surface area contributed by atoms with Crippen LogP contribution in [0.25, 0.3) is 0 Å². The molecule has 0 atom stereocenters. The first-order valence-corrected chi connectivity index (χ1v) is 3.52. The van der Waals surface area contributed by atoms with Crippen molar-refractivity contribution in [2.24, 2.45) is 0 Å². The minimum Gasteiger partial charge on any atom is -0.394 e. The van der Waals surface area contributed by atoms with Gasteiger partial charge in [0.1, 0.15) is 0 Å². The molecular weight excluding hydrogens is 140 g/mol. The Labute approximate surface area is 66.0 Å². The van der Waals surface area contributed by atoms with Gasteiger partial charge in [-0.2, -0.15) is 5.10 Å². The van der Waals surface area contributed by atoms with Crippen LogP contribution in [0.3, 0.4) is 0 Å². The van der Waals surface area contributed by atoms with Crippen molar-refractivity contribution in [2.75, 3.05) is 11.5 Å². The Kier molecular flexibility index (Phi) is 1.55. The number of aromatic nitrogens is 2. The summed E-state index contributed by atoms with van der Waals surface area (Å²) >= 11 is 0. The molecule has 0 aliphatic rings. The van der Waals surface area contributed by atoms with Crippen molar-refractivity contribution in [2.45, 2.75) is 26.2 Å². The molecule has 0 saturated carbocycles. The molecule has 4 nitrogen and oxygen atoms in total. The van der Waals surface area contributed by atoms with Crippen LogP contribution in [0.5, 0.6) is 0 Å². The monoisotopic (exact) mass is 154 g/mol. The molecule has 5 N–H and O–H groups in total. The number of nitrogen functional groups attached to an aromatic ring is 2. The highest BCUT2D eigenvalue weighted by Gasteiger charge is 2.20. The fraction of sp³-hybridized carbons (Fsp3) is 0.571. The van der Waals surface area contributed by atoms with E-state index in [0.717, 1.165) is 5.69 Å². The highest BCUT2D eigenvalue weighted by Crippen LogP contribution is 2.28.